The number of rotatable bonds is 78. The molecule has 0 rings (SSSR count). The molecule has 0 fully saturated rings. The molecular weight excluding hydrogens is 1130 g/mol. The van der Waals surface area contributed by atoms with Gasteiger partial charge in [-0.1, -0.05) is 425 Å². The maximum atomic E-state index is 12.9. The van der Waals surface area contributed by atoms with E-state index in [0.717, 1.165) is 32.1 Å². The number of hydrogen-bond acceptors (Lipinski definition) is 8. The van der Waals surface area contributed by atoms with E-state index in [-0.39, 0.29) is 32.0 Å². The average molecular weight is 1300 g/mol. The van der Waals surface area contributed by atoms with Crippen molar-refractivity contribution in [2.75, 3.05) is 47.5 Å². The van der Waals surface area contributed by atoms with Crippen LogP contribution in [0.5, 0.6) is 0 Å². The second-order valence-corrected chi connectivity index (χ2v) is 30.9. The summed E-state index contributed by atoms with van der Waals surface area (Å²) in [4.78, 5) is 38.2. The second kappa shape index (κ2) is 72.3. The van der Waals surface area contributed by atoms with Crippen LogP contribution in [-0.2, 0) is 32.7 Å². The SMILES string of the molecule is CCCCCCCCCCCCCCCCCCCCCCCCCCCCCCCCCCCCCC(=O)OC(COC(=O)CCCCCCCCCCCCCCCCCCCCCCCCCCCCCCCCC)COP(=O)([O-])OCC[N+](C)(C)C. The average Bonchev–Trinajstić information content (AvgIpc) is 3.61. The van der Waals surface area contributed by atoms with Crippen LogP contribution in [0.25, 0.3) is 0 Å². The summed E-state index contributed by atoms with van der Waals surface area (Å²) in [5.41, 5.74) is 0. The highest BCUT2D eigenvalue weighted by Gasteiger charge is 2.22. The molecule has 2 unspecified atom stereocenters. The fraction of sp³-hybridized carbons (Fsp3) is 0.975. The Morgan fingerprint density at radius 2 is 0.500 bits per heavy atom. The lowest BCUT2D eigenvalue weighted by atomic mass is 10.0. The molecule has 0 aliphatic rings. The van der Waals surface area contributed by atoms with Crippen molar-refractivity contribution >= 4 is 19.8 Å². The van der Waals surface area contributed by atoms with Crippen molar-refractivity contribution in [2.45, 2.75) is 457 Å². The summed E-state index contributed by atoms with van der Waals surface area (Å²) in [5.74, 6) is -0.800. The van der Waals surface area contributed by atoms with Crippen molar-refractivity contribution in [3.8, 4) is 0 Å². The monoisotopic (exact) mass is 1290 g/mol. The summed E-state index contributed by atoms with van der Waals surface area (Å²) < 4.78 is 34.4. The molecule has 538 valence electrons. The molecule has 0 aliphatic carbocycles. The highest BCUT2D eigenvalue weighted by molar-refractivity contribution is 7.45. The first-order chi connectivity index (χ1) is 44.0. The Morgan fingerprint density at radius 3 is 0.711 bits per heavy atom. The Balaban J connectivity index is 3.87. The van der Waals surface area contributed by atoms with Gasteiger partial charge in [0.15, 0.2) is 6.10 Å². The summed E-state index contributed by atoms with van der Waals surface area (Å²) in [6.07, 6.45) is 89.6. The Hall–Kier alpha value is -0.990. The standard InChI is InChI=1S/C80H160NO8P/c1-6-8-10-12-14-16-18-20-22-24-26-28-30-32-34-36-38-39-40-41-43-45-47-49-51-53-55-57-59-61-63-65-67-69-71-73-80(83)89-78(77-88-90(84,85)87-75-74-81(3,4)5)76-86-79(82)72-70-68-66-64-62-60-58-56-54-52-50-48-46-44-42-37-35-33-31-29-27-25-23-21-19-17-15-13-11-9-7-2/h78H,6-77H2,1-5H3. The minimum atomic E-state index is -4.64. The molecule has 0 N–H and O–H groups in total. The summed E-state index contributed by atoms with van der Waals surface area (Å²) >= 11 is 0. The number of phosphoric ester groups is 1. The van der Waals surface area contributed by atoms with Gasteiger partial charge < -0.3 is 27.9 Å². The van der Waals surface area contributed by atoms with E-state index in [1.54, 1.807) is 0 Å². The highest BCUT2D eigenvalue weighted by atomic mass is 31.2. The van der Waals surface area contributed by atoms with E-state index in [0.29, 0.717) is 17.4 Å². The molecule has 0 aromatic carbocycles. The lowest BCUT2D eigenvalue weighted by Crippen LogP contribution is -2.37. The second-order valence-electron chi connectivity index (χ2n) is 29.5. The molecule has 0 radical (unpaired) electrons. The minimum absolute atomic E-state index is 0.0246. The van der Waals surface area contributed by atoms with Gasteiger partial charge in [0.25, 0.3) is 7.82 Å². The molecule has 0 bridgehead atoms. The van der Waals surface area contributed by atoms with E-state index in [4.69, 9.17) is 18.5 Å². The van der Waals surface area contributed by atoms with Crippen molar-refractivity contribution in [1.29, 1.82) is 0 Å². The molecular formula is C80H160NO8P. The van der Waals surface area contributed by atoms with E-state index < -0.39 is 26.5 Å². The van der Waals surface area contributed by atoms with Crippen LogP contribution in [0.1, 0.15) is 450 Å². The quantitative estimate of drug-likeness (QED) is 0.0256. The molecule has 0 amide bonds. The van der Waals surface area contributed by atoms with Gasteiger partial charge >= 0.3 is 11.9 Å². The number of nitrogens with zero attached hydrogens (tertiary/aromatic N) is 1. The van der Waals surface area contributed by atoms with Gasteiger partial charge in [0.2, 0.25) is 0 Å². The molecule has 0 saturated heterocycles. The number of quaternary nitrogens is 1. The van der Waals surface area contributed by atoms with Gasteiger partial charge in [-0.15, -0.1) is 0 Å². The molecule has 0 aromatic heterocycles. The molecule has 0 saturated carbocycles. The summed E-state index contributed by atoms with van der Waals surface area (Å²) in [6.45, 7) is 4.35. The van der Waals surface area contributed by atoms with Crippen molar-refractivity contribution in [3.05, 3.63) is 0 Å². The van der Waals surface area contributed by atoms with Gasteiger partial charge in [0, 0.05) is 12.8 Å². The van der Waals surface area contributed by atoms with Gasteiger partial charge in [-0.25, -0.2) is 0 Å². The van der Waals surface area contributed by atoms with Crippen molar-refractivity contribution in [3.63, 3.8) is 0 Å². The molecule has 90 heavy (non-hydrogen) atoms. The minimum Gasteiger partial charge on any atom is -0.756 e. The third kappa shape index (κ3) is 76.0. The van der Waals surface area contributed by atoms with Gasteiger partial charge in [-0.05, 0) is 12.8 Å². The summed E-state index contributed by atoms with van der Waals surface area (Å²) in [5, 5.41) is 0. The van der Waals surface area contributed by atoms with Crippen LogP contribution in [0.2, 0.25) is 0 Å². The lowest BCUT2D eigenvalue weighted by molar-refractivity contribution is -0.870. The Morgan fingerprint density at radius 1 is 0.300 bits per heavy atom. The fourth-order valence-corrected chi connectivity index (χ4v) is 13.6. The number of hydrogen-bond donors (Lipinski definition) is 0. The number of carbonyl (C=O) groups excluding carboxylic acids is 2. The largest absolute Gasteiger partial charge is 0.756 e. The zero-order valence-corrected chi connectivity index (χ0v) is 62.5. The maximum absolute atomic E-state index is 12.9. The molecule has 2 atom stereocenters. The zero-order chi connectivity index (χ0) is 65.5. The first-order valence-corrected chi connectivity index (χ1v) is 42.2. The van der Waals surface area contributed by atoms with E-state index in [2.05, 4.69) is 13.8 Å². The van der Waals surface area contributed by atoms with Crippen LogP contribution in [-0.4, -0.2) is 70.0 Å². The number of ether oxygens (including phenoxy) is 2. The molecule has 0 aromatic rings. The van der Waals surface area contributed by atoms with Crippen LogP contribution >= 0.6 is 7.82 Å². The van der Waals surface area contributed by atoms with Crippen molar-refractivity contribution in [1.82, 2.24) is 0 Å². The predicted octanol–water partition coefficient (Wildman–Crippen LogP) is 26.2. The van der Waals surface area contributed by atoms with Crippen LogP contribution in [0.3, 0.4) is 0 Å². The molecule has 0 heterocycles. The third-order valence-electron chi connectivity index (χ3n) is 19.1. The maximum Gasteiger partial charge on any atom is 0.306 e. The smallest absolute Gasteiger partial charge is 0.306 e. The zero-order valence-electron chi connectivity index (χ0n) is 61.6. The number of esters is 2. The van der Waals surface area contributed by atoms with Crippen molar-refractivity contribution in [2.24, 2.45) is 0 Å². The van der Waals surface area contributed by atoms with Gasteiger partial charge in [-0.3, -0.25) is 14.2 Å². The Kier molecular flexibility index (Phi) is 71.5. The fourth-order valence-electron chi connectivity index (χ4n) is 12.9. The van der Waals surface area contributed by atoms with Crippen LogP contribution < -0.4 is 4.89 Å². The molecule has 0 spiro atoms. The van der Waals surface area contributed by atoms with Crippen molar-refractivity contribution < 1.29 is 42.1 Å². The van der Waals surface area contributed by atoms with Gasteiger partial charge in [0.1, 0.15) is 19.8 Å². The Bertz CT molecular complexity index is 1470. The normalized spacial score (nSPS) is 12.9. The third-order valence-corrected chi connectivity index (χ3v) is 20.1. The topological polar surface area (TPSA) is 111 Å². The van der Waals surface area contributed by atoms with E-state index in [9.17, 15) is 19.0 Å². The first-order valence-electron chi connectivity index (χ1n) is 40.7. The number of unbranched alkanes of at least 4 members (excludes halogenated alkanes) is 64. The van der Waals surface area contributed by atoms with Gasteiger partial charge in [-0.2, -0.15) is 0 Å². The molecule has 10 heteroatoms. The van der Waals surface area contributed by atoms with E-state index in [1.165, 1.54) is 385 Å². The van der Waals surface area contributed by atoms with E-state index in [1.807, 2.05) is 21.1 Å². The molecule has 0 aliphatic heterocycles. The summed E-state index contributed by atoms with van der Waals surface area (Å²) in [6, 6.07) is 0. The summed E-state index contributed by atoms with van der Waals surface area (Å²) in [7, 11) is 1.20. The lowest BCUT2D eigenvalue weighted by Gasteiger charge is -2.28. The van der Waals surface area contributed by atoms with Gasteiger partial charge in [0.05, 0.1) is 27.7 Å². The highest BCUT2D eigenvalue weighted by Crippen LogP contribution is 2.38. The van der Waals surface area contributed by atoms with E-state index >= 15 is 0 Å². The predicted molar refractivity (Wildman–Crippen MR) is 389 cm³/mol. The van der Waals surface area contributed by atoms with Crippen LogP contribution in [0.15, 0.2) is 0 Å². The van der Waals surface area contributed by atoms with Crippen LogP contribution in [0, 0.1) is 0 Å². The van der Waals surface area contributed by atoms with Crippen LogP contribution in [0.4, 0.5) is 0 Å². The Labute approximate surface area is 563 Å². The number of carbonyl (C=O) groups is 2. The number of phosphoric acid groups is 1. The molecule has 9 nitrogen and oxygen atoms in total. The first kappa shape index (κ1) is 89.0. The number of likely N-dealkylation sites (N-methyl/N-ethyl adjacent to an activating group) is 1.